The van der Waals surface area contributed by atoms with Crippen molar-refractivity contribution < 1.29 is 15.6 Å². The molecular weight excluding hydrogens is 188 g/mol. The van der Waals surface area contributed by atoms with Crippen LogP contribution in [0.25, 0.3) is 0 Å². The maximum absolute atomic E-state index is 9.51. The van der Waals surface area contributed by atoms with Crippen LogP contribution in [0.5, 0.6) is 0 Å². The molecule has 9 heavy (non-hydrogen) atoms. The summed E-state index contributed by atoms with van der Waals surface area (Å²) in [6.07, 6.45) is 0. The molecule has 0 amide bonds. The largest absolute Gasteiger partial charge is 0.545 e. The van der Waals surface area contributed by atoms with Crippen LogP contribution in [0, 0.1) is 0 Å². The van der Waals surface area contributed by atoms with Crippen molar-refractivity contribution in [1.82, 2.24) is 0 Å². The van der Waals surface area contributed by atoms with Gasteiger partial charge in [0.15, 0.2) is 0 Å². The Labute approximate surface area is 67.7 Å². The highest BCUT2D eigenvalue weighted by molar-refractivity contribution is 6.75. The number of hydrogen-bond acceptors (Lipinski definition) is 2. The first-order valence-corrected chi connectivity index (χ1v) is 3.07. The van der Waals surface area contributed by atoms with Gasteiger partial charge in [0, 0.05) is 0 Å². The van der Waals surface area contributed by atoms with E-state index in [2.05, 4.69) is 5.73 Å². The van der Waals surface area contributed by atoms with Crippen LogP contribution in [0.15, 0.2) is 0 Å². The first kappa shape index (κ1) is 12.0. The Morgan fingerprint density at radius 1 is 1.44 bits per heavy atom. The van der Waals surface area contributed by atoms with Gasteiger partial charge in [0.25, 0.3) is 0 Å². The zero-order valence-corrected chi connectivity index (χ0v) is 6.93. The molecule has 3 N–H and O–H groups in total. The Morgan fingerprint density at radius 2 is 1.56 bits per heavy atom. The van der Waals surface area contributed by atoms with Crippen LogP contribution in [-0.4, -0.2) is 16.8 Å². The number of hydrogen-bond donors (Lipinski definition) is 1. The van der Waals surface area contributed by atoms with E-state index in [1.165, 1.54) is 0 Å². The highest BCUT2D eigenvalue weighted by atomic mass is 35.6. The Bertz CT molecular complexity index is 89.5. The van der Waals surface area contributed by atoms with E-state index in [4.69, 9.17) is 34.8 Å². The van der Waals surface area contributed by atoms with Gasteiger partial charge in [-0.05, 0) is 0 Å². The van der Waals surface area contributed by atoms with E-state index in [1.54, 1.807) is 7.05 Å². The fraction of sp³-hybridized carbons (Fsp3) is 0.667. The second-order valence-corrected chi connectivity index (χ2v) is 3.07. The lowest BCUT2D eigenvalue weighted by Gasteiger charge is -2.09. The van der Waals surface area contributed by atoms with E-state index in [0.717, 1.165) is 0 Å². The average Bonchev–Trinajstić information content (AvgIpc) is 1.69. The van der Waals surface area contributed by atoms with Crippen LogP contribution in [0.2, 0.25) is 0 Å². The lowest BCUT2D eigenvalue weighted by molar-refractivity contribution is -0.325. The van der Waals surface area contributed by atoms with Gasteiger partial charge < -0.3 is 15.6 Å². The van der Waals surface area contributed by atoms with Gasteiger partial charge in [-0.2, -0.15) is 0 Å². The molecule has 0 aromatic rings. The molecule has 0 radical (unpaired) electrons. The third-order valence-corrected chi connectivity index (χ3v) is 0.694. The molecule has 0 heterocycles. The van der Waals surface area contributed by atoms with E-state index in [9.17, 15) is 9.90 Å². The molecule has 0 unspecified atom stereocenters. The van der Waals surface area contributed by atoms with E-state index < -0.39 is 9.76 Å². The summed E-state index contributed by atoms with van der Waals surface area (Å²) in [5, 5.41) is 9.51. The Balaban J connectivity index is 0. The van der Waals surface area contributed by atoms with Gasteiger partial charge in [-0.1, -0.05) is 34.8 Å². The quantitative estimate of drug-likeness (QED) is 0.501. The topological polar surface area (TPSA) is 67.8 Å². The average molecular weight is 194 g/mol. The first-order chi connectivity index (χ1) is 3.94. The van der Waals surface area contributed by atoms with Crippen molar-refractivity contribution in [2.24, 2.45) is 0 Å². The van der Waals surface area contributed by atoms with Crippen molar-refractivity contribution in [2.45, 2.75) is 3.79 Å². The summed E-state index contributed by atoms with van der Waals surface area (Å²) in [6, 6.07) is 0. The van der Waals surface area contributed by atoms with E-state index in [-0.39, 0.29) is 0 Å². The molecule has 0 aliphatic carbocycles. The third kappa shape index (κ3) is 8.30. The van der Waals surface area contributed by atoms with Gasteiger partial charge in [-0.3, -0.25) is 0 Å². The third-order valence-electron chi connectivity index (χ3n) is 0.231. The summed E-state index contributed by atoms with van der Waals surface area (Å²) in [4.78, 5) is 9.51. The summed E-state index contributed by atoms with van der Waals surface area (Å²) < 4.78 is -2.28. The Morgan fingerprint density at radius 3 is 1.56 bits per heavy atom. The molecule has 0 rings (SSSR count). The number of rotatable bonds is 0. The van der Waals surface area contributed by atoms with Crippen molar-refractivity contribution in [2.75, 3.05) is 7.05 Å². The number of carbonyl (C=O) groups is 1. The molecule has 0 bridgehead atoms. The predicted molar refractivity (Wildman–Crippen MR) is 34.1 cm³/mol. The fourth-order valence-electron chi connectivity index (χ4n) is 0. The molecule has 0 aliphatic rings. The minimum atomic E-state index is -2.28. The van der Waals surface area contributed by atoms with E-state index >= 15 is 0 Å². The lowest BCUT2D eigenvalue weighted by Crippen LogP contribution is -2.40. The molecule has 0 atom stereocenters. The van der Waals surface area contributed by atoms with Crippen molar-refractivity contribution in [3.05, 3.63) is 0 Å². The second-order valence-electron chi connectivity index (χ2n) is 0.785. The van der Waals surface area contributed by atoms with Gasteiger partial charge in [-0.25, -0.2) is 0 Å². The first-order valence-electron chi connectivity index (χ1n) is 1.93. The number of carbonyl (C=O) groups excluding carboxylic acids is 1. The van der Waals surface area contributed by atoms with Gasteiger partial charge in [0.2, 0.25) is 3.79 Å². The van der Waals surface area contributed by atoms with Crippen LogP contribution in [0.1, 0.15) is 0 Å². The second kappa shape index (κ2) is 5.11. The SMILES string of the molecule is C[NH3+].O=C([O-])C(Cl)(Cl)Cl. The molecule has 0 aromatic heterocycles. The zero-order chi connectivity index (χ0) is 8.08. The Hall–Kier alpha value is 0.300. The zero-order valence-electron chi connectivity index (χ0n) is 4.66. The maximum atomic E-state index is 9.51. The number of aliphatic carboxylic acids is 1. The highest BCUT2D eigenvalue weighted by Crippen LogP contribution is 2.24. The monoisotopic (exact) mass is 193 g/mol. The summed E-state index contributed by atoms with van der Waals surface area (Å²) in [6.45, 7) is 0. The highest BCUT2D eigenvalue weighted by Gasteiger charge is 2.20. The number of alkyl halides is 3. The summed E-state index contributed by atoms with van der Waals surface area (Å²) in [7, 11) is 1.75. The van der Waals surface area contributed by atoms with Crippen molar-refractivity contribution >= 4 is 40.8 Å². The summed E-state index contributed by atoms with van der Waals surface area (Å²) in [5.74, 6) is -1.71. The number of carboxylic acid groups (broad SMARTS) is 1. The lowest BCUT2D eigenvalue weighted by atomic mass is 10.8. The number of carboxylic acids is 1. The normalized spacial score (nSPS) is 9.44. The van der Waals surface area contributed by atoms with Crippen molar-refractivity contribution in [3.63, 3.8) is 0 Å². The molecule has 56 valence electrons. The van der Waals surface area contributed by atoms with Crippen molar-refractivity contribution in [3.8, 4) is 0 Å². The van der Waals surface area contributed by atoms with E-state index in [1.807, 2.05) is 0 Å². The molecule has 0 fully saturated rings. The smallest absolute Gasteiger partial charge is 0.230 e. The standard InChI is InChI=1S/C2HCl3O2.CH5N/c3-2(4,5)1(6)7;1-2/h(H,6,7);2H2,1H3. The molecular formula is C3H6Cl3NO2. The molecule has 0 saturated heterocycles. The minimum absolute atomic E-state index is 1.71. The number of quaternary nitrogens is 1. The van der Waals surface area contributed by atoms with Crippen LogP contribution in [0.4, 0.5) is 0 Å². The van der Waals surface area contributed by atoms with Crippen LogP contribution in [0.3, 0.4) is 0 Å². The van der Waals surface area contributed by atoms with Crippen LogP contribution >= 0.6 is 34.8 Å². The molecule has 0 aliphatic heterocycles. The summed E-state index contributed by atoms with van der Waals surface area (Å²) >= 11 is 14.2. The number of halogens is 3. The van der Waals surface area contributed by atoms with Gasteiger partial charge >= 0.3 is 0 Å². The summed E-state index contributed by atoms with van der Waals surface area (Å²) in [5.41, 5.74) is 3.25. The fourth-order valence-corrected chi connectivity index (χ4v) is 0. The molecule has 3 nitrogen and oxygen atoms in total. The molecule has 0 saturated carbocycles. The van der Waals surface area contributed by atoms with Gasteiger partial charge in [0.05, 0.1) is 13.0 Å². The predicted octanol–water partition coefficient (Wildman–Crippen LogP) is -1.04. The van der Waals surface area contributed by atoms with Gasteiger partial charge in [-0.15, -0.1) is 0 Å². The van der Waals surface area contributed by atoms with E-state index in [0.29, 0.717) is 0 Å². The maximum Gasteiger partial charge on any atom is 0.230 e. The molecule has 0 spiro atoms. The van der Waals surface area contributed by atoms with Crippen molar-refractivity contribution in [1.29, 1.82) is 0 Å². The van der Waals surface area contributed by atoms with Crippen LogP contribution in [-0.2, 0) is 4.79 Å². The minimum Gasteiger partial charge on any atom is -0.545 e. The van der Waals surface area contributed by atoms with Gasteiger partial charge in [0.1, 0.15) is 0 Å². The Kier molecular flexibility index (Phi) is 6.83. The molecule has 0 aromatic carbocycles. The molecule has 6 heteroatoms. The van der Waals surface area contributed by atoms with Crippen LogP contribution < -0.4 is 10.8 Å².